The average molecular weight is 295 g/mol. The molecule has 0 fully saturated rings. The number of rotatable bonds is 9. The Kier molecular flexibility index (Phi) is 8.08. The van der Waals surface area contributed by atoms with E-state index in [4.69, 9.17) is 0 Å². The molecule has 0 amide bonds. The second kappa shape index (κ2) is 9.30. The fourth-order valence-corrected chi connectivity index (χ4v) is 3.70. The molecule has 0 aromatic heterocycles. The van der Waals surface area contributed by atoms with Gasteiger partial charge < -0.3 is 5.32 Å². The molecule has 114 valence electrons. The van der Waals surface area contributed by atoms with Gasteiger partial charge >= 0.3 is 0 Å². The highest BCUT2D eigenvalue weighted by Crippen LogP contribution is 2.16. The van der Waals surface area contributed by atoms with Crippen LogP contribution in [0.5, 0.6) is 0 Å². The fraction of sp³-hybridized carbons (Fsp3) is 0.647. The first-order valence-corrected chi connectivity index (χ1v) is 9.16. The molecule has 0 spiro atoms. The molecule has 0 saturated heterocycles. The zero-order valence-electron chi connectivity index (χ0n) is 13.3. The Morgan fingerprint density at radius 1 is 1.30 bits per heavy atom. The molecule has 0 bridgehead atoms. The zero-order valence-corrected chi connectivity index (χ0v) is 14.1. The van der Waals surface area contributed by atoms with Crippen LogP contribution in [-0.4, -0.2) is 22.3 Å². The van der Waals surface area contributed by atoms with E-state index in [0.29, 0.717) is 5.92 Å². The molecule has 0 radical (unpaired) electrons. The number of aryl methyl sites for hydroxylation is 1. The molecule has 20 heavy (non-hydrogen) atoms. The van der Waals surface area contributed by atoms with Crippen LogP contribution < -0.4 is 5.32 Å². The van der Waals surface area contributed by atoms with E-state index in [1.54, 1.807) is 0 Å². The quantitative estimate of drug-likeness (QED) is 0.750. The van der Waals surface area contributed by atoms with Crippen LogP contribution in [0.3, 0.4) is 0 Å². The Bertz CT molecular complexity index is 417. The van der Waals surface area contributed by atoms with Gasteiger partial charge in [0.1, 0.15) is 0 Å². The van der Waals surface area contributed by atoms with Gasteiger partial charge in [-0.1, -0.05) is 50.6 Å². The van der Waals surface area contributed by atoms with E-state index in [-0.39, 0.29) is 6.04 Å². The van der Waals surface area contributed by atoms with E-state index in [1.807, 2.05) is 0 Å². The fourth-order valence-electron chi connectivity index (χ4n) is 2.11. The summed E-state index contributed by atoms with van der Waals surface area (Å²) in [6.07, 6.45) is 2.14. The van der Waals surface area contributed by atoms with E-state index >= 15 is 0 Å². The molecule has 2 atom stereocenters. The average Bonchev–Trinajstić information content (AvgIpc) is 2.41. The van der Waals surface area contributed by atoms with Crippen LogP contribution in [0.15, 0.2) is 24.3 Å². The largest absolute Gasteiger partial charge is 0.309 e. The lowest BCUT2D eigenvalue weighted by Gasteiger charge is -2.19. The summed E-state index contributed by atoms with van der Waals surface area (Å²) in [5.41, 5.74) is 2.52. The predicted molar refractivity (Wildman–Crippen MR) is 89.5 cm³/mol. The highest BCUT2D eigenvalue weighted by molar-refractivity contribution is 7.85. The topological polar surface area (TPSA) is 29.1 Å². The molecule has 0 aliphatic rings. The van der Waals surface area contributed by atoms with Crippen molar-refractivity contribution in [1.29, 1.82) is 0 Å². The van der Waals surface area contributed by atoms with E-state index in [1.165, 1.54) is 11.1 Å². The van der Waals surface area contributed by atoms with Gasteiger partial charge in [0.25, 0.3) is 0 Å². The molecule has 1 N–H and O–H groups in total. The lowest BCUT2D eigenvalue weighted by molar-refractivity contribution is 0.566. The third kappa shape index (κ3) is 6.67. The summed E-state index contributed by atoms with van der Waals surface area (Å²) < 4.78 is 12.3. The lowest BCUT2D eigenvalue weighted by atomic mass is 10.1. The Morgan fingerprint density at radius 3 is 2.65 bits per heavy atom. The standard InChI is InChI=1S/C17H29NOS/c1-5-10-18-17(13-20(19)11-9-14(2)3)16-8-6-7-15(4)12-16/h6-8,12,14,17-18H,5,9-11,13H2,1-4H3. The summed E-state index contributed by atoms with van der Waals surface area (Å²) >= 11 is 0. The van der Waals surface area contributed by atoms with Crippen LogP contribution in [0.25, 0.3) is 0 Å². The van der Waals surface area contributed by atoms with Gasteiger partial charge in [0, 0.05) is 28.3 Å². The minimum atomic E-state index is -0.744. The molecule has 0 heterocycles. The predicted octanol–water partition coefficient (Wildman–Crippen LogP) is 3.83. The van der Waals surface area contributed by atoms with Crippen LogP contribution in [0.2, 0.25) is 0 Å². The highest BCUT2D eigenvalue weighted by Gasteiger charge is 2.14. The van der Waals surface area contributed by atoms with Crippen LogP contribution in [0, 0.1) is 12.8 Å². The Balaban J connectivity index is 2.66. The summed E-state index contributed by atoms with van der Waals surface area (Å²) in [7, 11) is -0.744. The summed E-state index contributed by atoms with van der Waals surface area (Å²) in [5.74, 6) is 2.16. The van der Waals surface area contributed by atoms with Crippen LogP contribution in [0.1, 0.15) is 50.8 Å². The summed E-state index contributed by atoms with van der Waals surface area (Å²) in [5, 5.41) is 3.54. The molecular weight excluding hydrogens is 266 g/mol. The highest BCUT2D eigenvalue weighted by atomic mass is 32.2. The van der Waals surface area contributed by atoms with Crippen molar-refractivity contribution in [3.8, 4) is 0 Å². The van der Waals surface area contributed by atoms with Crippen molar-refractivity contribution in [1.82, 2.24) is 5.32 Å². The van der Waals surface area contributed by atoms with E-state index < -0.39 is 10.8 Å². The lowest BCUT2D eigenvalue weighted by Crippen LogP contribution is -2.27. The maximum Gasteiger partial charge on any atom is 0.0436 e. The number of nitrogens with one attached hydrogen (secondary N) is 1. The second-order valence-corrected chi connectivity index (χ2v) is 7.54. The van der Waals surface area contributed by atoms with E-state index in [0.717, 1.165) is 30.9 Å². The van der Waals surface area contributed by atoms with Crippen LogP contribution >= 0.6 is 0 Å². The Labute approximate surface area is 126 Å². The molecule has 0 saturated carbocycles. The van der Waals surface area contributed by atoms with Gasteiger partial charge in [-0.25, -0.2) is 0 Å². The molecule has 2 unspecified atom stereocenters. The van der Waals surface area contributed by atoms with Gasteiger partial charge in [0.05, 0.1) is 0 Å². The molecule has 0 aliphatic carbocycles. The van der Waals surface area contributed by atoms with Gasteiger partial charge in [-0.05, 0) is 37.8 Å². The first-order valence-electron chi connectivity index (χ1n) is 7.67. The third-order valence-corrected chi connectivity index (χ3v) is 4.76. The van der Waals surface area contributed by atoms with Gasteiger partial charge in [0.15, 0.2) is 0 Å². The first-order chi connectivity index (χ1) is 9.52. The van der Waals surface area contributed by atoms with Crippen molar-refractivity contribution < 1.29 is 4.21 Å². The second-order valence-electron chi connectivity index (χ2n) is 5.91. The van der Waals surface area contributed by atoms with Crippen molar-refractivity contribution in [2.45, 2.75) is 46.6 Å². The molecule has 0 aliphatic heterocycles. The molecular formula is C17H29NOS. The summed E-state index contributed by atoms with van der Waals surface area (Å²) in [6, 6.07) is 8.74. The molecule has 1 aromatic carbocycles. The maximum atomic E-state index is 12.3. The van der Waals surface area contributed by atoms with Gasteiger partial charge in [0.2, 0.25) is 0 Å². The molecule has 1 aromatic rings. The SMILES string of the molecule is CCCNC(CS(=O)CCC(C)C)c1cccc(C)c1. The monoisotopic (exact) mass is 295 g/mol. The van der Waals surface area contributed by atoms with Crippen molar-refractivity contribution in [2.24, 2.45) is 5.92 Å². The molecule has 2 nitrogen and oxygen atoms in total. The first kappa shape index (κ1) is 17.4. The van der Waals surface area contributed by atoms with Crippen molar-refractivity contribution in [3.63, 3.8) is 0 Å². The third-order valence-electron chi connectivity index (χ3n) is 3.36. The van der Waals surface area contributed by atoms with Gasteiger partial charge in [-0.2, -0.15) is 0 Å². The minimum Gasteiger partial charge on any atom is -0.309 e. The van der Waals surface area contributed by atoms with Crippen molar-refractivity contribution in [2.75, 3.05) is 18.1 Å². The van der Waals surface area contributed by atoms with Crippen molar-refractivity contribution in [3.05, 3.63) is 35.4 Å². The Morgan fingerprint density at radius 2 is 2.05 bits per heavy atom. The zero-order chi connectivity index (χ0) is 15.0. The van der Waals surface area contributed by atoms with Crippen LogP contribution in [0.4, 0.5) is 0 Å². The Hall–Kier alpha value is -0.670. The van der Waals surface area contributed by atoms with Crippen LogP contribution in [-0.2, 0) is 10.8 Å². The maximum absolute atomic E-state index is 12.3. The minimum absolute atomic E-state index is 0.211. The van der Waals surface area contributed by atoms with Gasteiger partial charge in [-0.15, -0.1) is 0 Å². The normalized spacial score (nSPS) is 14.4. The summed E-state index contributed by atoms with van der Waals surface area (Å²) in [6.45, 7) is 9.61. The van der Waals surface area contributed by atoms with Gasteiger partial charge in [-0.3, -0.25) is 4.21 Å². The number of hydrogen-bond acceptors (Lipinski definition) is 2. The smallest absolute Gasteiger partial charge is 0.0436 e. The van der Waals surface area contributed by atoms with Crippen molar-refractivity contribution >= 4 is 10.8 Å². The summed E-state index contributed by atoms with van der Waals surface area (Å²) in [4.78, 5) is 0. The number of benzene rings is 1. The van der Waals surface area contributed by atoms with E-state index in [9.17, 15) is 4.21 Å². The number of hydrogen-bond donors (Lipinski definition) is 1. The van der Waals surface area contributed by atoms with E-state index in [2.05, 4.69) is 57.3 Å². The molecule has 3 heteroatoms. The molecule has 1 rings (SSSR count).